The molecule has 0 spiro atoms. The maximum atomic E-state index is 6.10. The van der Waals surface area contributed by atoms with Gasteiger partial charge in [-0.1, -0.05) is 37.6 Å². The van der Waals surface area contributed by atoms with Gasteiger partial charge in [-0.3, -0.25) is 0 Å². The van der Waals surface area contributed by atoms with Crippen LogP contribution in [0, 0.1) is 0 Å². The van der Waals surface area contributed by atoms with Gasteiger partial charge in [0.25, 0.3) is 0 Å². The molecular formula is C28H36N4OS. The van der Waals surface area contributed by atoms with Crippen LogP contribution in [0.4, 0.5) is 0 Å². The van der Waals surface area contributed by atoms with E-state index in [0.717, 1.165) is 70.6 Å². The van der Waals surface area contributed by atoms with Crippen LogP contribution in [0.1, 0.15) is 49.4 Å². The first-order valence-electron chi connectivity index (χ1n) is 12.7. The van der Waals surface area contributed by atoms with Crippen molar-refractivity contribution in [2.75, 3.05) is 13.1 Å². The monoisotopic (exact) mass is 476 g/mol. The summed E-state index contributed by atoms with van der Waals surface area (Å²) in [6.07, 6.45) is 9.10. The maximum absolute atomic E-state index is 6.10. The molecule has 5 nitrogen and oxygen atoms in total. The zero-order valence-electron chi connectivity index (χ0n) is 20.4. The number of hydrogen-bond donors (Lipinski definition) is 1. The largest absolute Gasteiger partial charge is 0.373 e. The second-order valence-corrected chi connectivity index (χ2v) is 10.4. The fourth-order valence-electron chi connectivity index (χ4n) is 5.00. The van der Waals surface area contributed by atoms with Crippen LogP contribution in [-0.4, -0.2) is 33.3 Å². The first-order valence-corrected chi connectivity index (χ1v) is 13.6. The molecule has 4 heterocycles. The number of rotatable bonds is 10. The van der Waals surface area contributed by atoms with Crippen LogP contribution < -0.4 is 5.32 Å². The molecule has 0 bridgehead atoms. The highest BCUT2D eigenvalue weighted by Crippen LogP contribution is 2.31. The molecule has 0 unspecified atom stereocenters. The van der Waals surface area contributed by atoms with Crippen molar-refractivity contribution in [1.82, 2.24) is 19.4 Å². The summed E-state index contributed by atoms with van der Waals surface area (Å²) in [7, 11) is 2.15. The highest BCUT2D eigenvalue weighted by Gasteiger charge is 2.17. The average Bonchev–Trinajstić information content (AvgIpc) is 3.56. The Hall–Kier alpha value is -2.41. The third-order valence-electron chi connectivity index (χ3n) is 6.98. The fraction of sp³-hybridized carbons (Fsp3) is 0.464. The lowest BCUT2D eigenvalue weighted by Gasteiger charge is -2.23. The molecule has 0 radical (unpaired) electrons. The number of aryl methyl sites for hydroxylation is 3. The Morgan fingerprint density at radius 2 is 1.88 bits per heavy atom. The molecule has 1 aromatic carbocycles. The summed E-state index contributed by atoms with van der Waals surface area (Å²) in [5.74, 6) is 1.10. The van der Waals surface area contributed by atoms with E-state index in [2.05, 4.69) is 76.4 Å². The zero-order chi connectivity index (χ0) is 23.3. The van der Waals surface area contributed by atoms with Gasteiger partial charge in [0, 0.05) is 25.5 Å². The van der Waals surface area contributed by atoms with Gasteiger partial charge < -0.3 is 19.2 Å². The molecule has 1 saturated heterocycles. The number of ether oxygens (including phenoxy) is 1. The Bertz CT molecular complexity index is 1200. The molecule has 0 amide bonds. The second-order valence-electron chi connectivity index (χ2n) is 9.41. The zero-order valence-corrected chi connectivity index (χ0v) is 21.2. The van der Waals surface area contributed by atoms with Gasteiger partial charge in [-0.2, -0.15) is 0 Å². The van der Waals surface area contributed by atoms with Crippen molar-refractivity contribution in [2.45, 2.75) is 64.7 Å². The summed E-state index contributed by atoms with van der Waals surface area (Å²) in [5, 5.41) is 5.56. The van der Waals surface area contributed by atoms with Crippen LogP contribution in [0.2, 0.25) is 0 Å². The molecule has 0 aliphatic carbocycles. The molecule has 0 saturated carbocycles. The van der Waals surface area contributed by atoms with Crippen LogP contribution in [0.25, 0.3) is 21.7 Å². The van der Waals surface area contributed by atoms with E-state index in [0.29, 0.717) is 6.10 Å². The lowest BCUT2D eigenvalue weighted by Crippen LogP contribution is -2.32. The third-order valence-corrected chi connectivity index (χ3v) is 7.83. The van der Waals surface area contributed by atoms with E-state index in [4.69, 9.17) is 9.72 Å². The minimum Gasteiger partial charge on any atom is -0.373 e. The van der Waals surface area contributed by atoms with Crippen LogP contribution in [0.3, 0.4) is 0 Å². The topological polar surface area (TPSA) is 44.0 Å². The molecule has 180 valence electrons. The van der Waals surface area contributed by atoms with Crippen molar-refractivity contribution < 1.29 is 4.74 Å². The number of nitrogens with zero attached hydrogens (tertiary/aromatic N) is 3. The highest BCUT2D eigenvalue weighted by molar-refractivity contribution is 7.17. The lowest BCUT2D eigenvalue weighted by molar-refractivity contribution is 0.0212. The molecule has 1 aliphatic heterocycles. The summed E-state index contributed by atoms with van der Waals surface area (Å²) in [4.78, 5) is 4.87. The van der Waals surface area contributed by atoms with Gasteiger partial charge >= 0.3 is 0 Å². The number of nitrogens with one attached hydrogen (secondary N) is 1. The van der Waals surface area contributed by atoms with Crippen molar-refractivity contribution in [3.63, 3.8) is 0 Å². The number of hydrogen-bond acceptors (Lipinski definition) is 4. The van der Waals surface area contributed by atoms with E-state index >= 15 is 0 Å². The van der Waals surface area contributed by atoms with E-state index in [9.17, 15) is 0 Å². The van der Waals surface area contributed by atoms with Crippen molar-refractivity contribution in [1.29, 1.82) is 0 Å². The first kappa shape index (κ1) is 23.3. The summed E-state index contributed by atoms with van der Waals surface area (Å²) < 4.78 is 12.2. The number of fused-ring (bicyclic) bond motifs is 1. The minimum absolute atomic E-state index is 0.405. The van der Waals surface area contributed by atoms with E-state index in [1.165, 1.54) is 32.7 Å². The Morgan fingerprint density at radius 3 is 2.65 bits per heavy atom. The molecule has 34 heavy (non-hydrogen) atoms. The normalized spacial score (nSPS) is 14.9. The Balaban J connectivity index is 1.22. The average molecular weight is 477 g/mol. The smallest absolute Gasteiger partial charge is 0.156 e. The molecule has 1 N–H and O–H groups in total. The number of piperidine rings is 1. The number of aromatic nitrogens is 3. The summed E-state index contributed by atoms with van der Waals surface area (Å²) in [5.41, 5.74) is 6.50. The Labute approximate surface area is 206 Å². The van der Waals surface area contributed by atoms with Crippen LogP contribution in [-0.2, 0) is 37.8 Å². The highest BCUT2D eigenvalue weighted by atomic mass is 32.1. The molecule has 0 atom stereocenters. The Kier molecular flexibility index (Phi) is 7.48. The van der Waals surface area contributed by atoms with Gasteiger partial charge in [-0.05, 0) is 73.8 Å². The first-order chi connectivity index (χ1) is 16.7. The van der Waals surface area contributed by atoms with Gasteiger partial charge in [-0.15, -0.1) is 11.3 Å². The molecule has 5 rings (SSSR count). The predicted octanol–water partition coefficient (Wildman–Crippen LogP) is 5.96. The molecular weight excluding hydrogens is 440 g/mol. The maximum Gasteiger partial charge on any atom is 0.156 e. The van der Waals surface area contributed by atoms with Gasteiger partial charge in [-0.25, -0.2) is 4.98 Å². The SMILES string of the molecule is CCCc1cnc(-c2cc3sccc3n2C)n1CCCc1ccc(COC2CCNCC2)cc1. The Morgan fingerprint density at radius 1 is 1.09 bits per heavy atom. The van der Waals surface area contributed by atoms with E-state index in [-0.39, 0.29) is 0 Å². The minimum atomic E-state index is 0.405. The number of thiophene rings is 1. The van der Waals surface area contributed by atoms with Crippen LogP contribution >= 0.6 is 11.3 Å². The number of imidazole rings is 1. The standard InChI is InChI=1S/C28H36N4OS/c1-3-5-23-19-30-28(26-18-27-25(31(26)2)13-17-34-27)32(23)16-4-6-21-7-9-22(10-8-21)20-33-24-11-14-29-15-12-24/h7-10,13,17-19,24,29H,3-6,11-12,14-16,20H2,1-2H3. The van der Waals surface area contributed by atoms with Crippen molar-refractivity contribution >= 4 is 21.6 Å². The third kappa shape index (κ3) is 5.14. The van der Waals surface area contributed by atoms with Crippen molar-refractivity contribution in [3.05, 3.63) is 64.8 Å². The molecule has 6 heteroatoms. The predicted molar refractivity (Wildman–Crippen MR) is 141 cm³/mol. The van der Waals surface area contributed by atoms with Gasteiger partial charge in [0.2, 0.25) is 0 Å². The quantitative estimate of drug-likeness (QED) is 0.307. The fourth-order valence-corrected chi connectivity index (χ4v) is 5.85. The van der Waals surface area contributed by atoms with Gasteiger partial charge in [0.1, 0.15) is 0 Å². The summed E-state index contributed by atoms with van der Waals surface area (Å²) >= 11 is 1.80. The molecule has 4 aromatic rings. The van der Waals surface area contributed by atoms with Gasteiger partial charge in [0.05, 0.1) is 28.6 Å². The summed E-state index contributed by atoms with van der Waals surface area (Å²) in [6.45, 7) is 6.10. The van der Waals surface area contributed by atoms with E-state index in [1.54, 1.807) is 11.3 Å². The molecule has 1 fully saturated rings. The van der Waals surface area contributed by atoms with E-state index < -0.39 is 0 Å². The van der Waals surface area contributed by atoms with Crippen LogP contribution in [0.15, 0.2) is 48.0 Å². The molecule has 1 aliphatic rings. The lowest BCUT2D eigenvalue weighted by atomic mass is 10.1. The molecule has 3 aromatic heterocycles. The van der Waals surface area contributed by atoms with Crippen LogP contribution in [0.5, 0.6) is 0 Å². The number of benzene rings is 1. The van der Waals surface area contributed by atoms with Crippen molar-refractivity contribution in [2.24, 2.45) is 7.05 Å². The second kappa shape index (κ2) is 10.9. The van der Waals surface area contributed by atoms with Gasteiger partial charge in [0.15, 0.2) is 5.82 Å². The van der Waals surface area contributed by atoms with E-state index in [1.807, 2.05) is 0 Å². The summed E-state index contributed by atoms with van der Waals surface area (Å²) in [6, 6.07) is 13.5. The van der Waals surface area contributed by atoms with Crippen molar-refractivity contribution in [3.8, 4) is 11.5 Å².